The van der Waals surface area contributed by atoms with Gasteiger partial charge in [0.25, 0.3) is 0 Å². The Bertz CT molecular complexity index is 704. The van der Waals surface area contributed by atoms with E-state index < -0.39 is 0 Å². The highest BCUT2D eigenvalue weighted by Gasteiger charge is 2.19. The molecule has 1 aliphatic heterocycles. The monoisotopic (exact) mass is 337 g/mol. The molecule has 3 rings (SSSR count). The molecule has 0 saturated carbocycles. The molecule has 0 unspecified atom stereocenters. The minimum atomic E-state index is 0.414. The summed E-state index contributed by atoms with van der Waals surface area (Å²) in [4.78, 5) is 12.7. The fourth-order valence-electron chi connectivity index (χ4n) is 2.01. The predicted octanol–water partition coefficient (Wildman–Crippen LogP) is 2.54. The Morgan fingerprint density at radius 3 is 3.11 bits per heavy atom. The van der Waals surface area contributed by atoms with Gasteiger partial charge in [-0.1, -0.05) is 27.5 Å². The molecule has 5 nitrogen and oxygen atoms in total. The smallest absolute Gasteiger partial charge is 0.158 e. The number of nitrogens with zero attached hydrogens (tertiary/aromatic N) is 4. The van der Waals surface area contributed by atoms with Crippen molar-refractivity contribution in [1.29, 1.82) is 0 Å². The lowest BCUT2D eigenvalue weighted by Gasteiger charge is -2.09. The van der Waals surface area contributed by atoms with Gasteiger partial charge < -0.3 is 5.73 Å². The van der Waals surface area contributed by atoms with Crippen molar-refractivity contribution in [3.05, 3.63) is 45.4 Å². The van der Waals surface area contributed by atoms with Crippen LogP contribution in [0.1, 0.15) is 11.3 Å². The first kappa shape index (κ1) is 12.4. The summed E-state index contributed by atoms with van der Waals surface area (Å²) in [5, 5.41) is 0.454. The fraction of sp³-hybridized carbons (Fsp3) is 0.0833. The lowest BCUT2D eigenvalue weighted by molar-refractivity contribution is 0.923. The lowest BCUT2D eigenvalue weighted by Crippen LogP contribution is -2.05. The van der Waals surface area contributed by atoms with Gasteiger partial charge in [0.05, 0.1) is 24.3 Å². The summed E-state index contributed by atoms with van der Waals surface area (Å²) in [5.41, 5.74) is 8.04. The van der Waals surface area contributed by atoms with Crippen molar-refractivity contribution in [2.45, 2.75) is 6.54 Å². The van der Waals surface area contributed by atoms with Crippen LogP contribution in [0, 0.1) is 0 Å². The van der Waals surface area contributed by atoms with Gasteiger partial charge in [-0.25, -0.2) is 9.98 Å². The zero-order valence-corrected chi connectivity index (χ0v) is 12.1. The van der Waals surface area contributed by atoms with Gasteiger partial charge in [0.1, 0.15) is 6.33 Å². The normalized spacial score (nSPS) is 13.9. The lowest BCUT2D eigenvalue weighted by atomic mass is 10.1. The summed E-state index contributed by atoms with van der Waals surface area (Å²) in [6.45, 7) is 0.414. The van der Waals surface area contributed by atoms with Crippen molar-refractivity contribution in [3.63, 3.8) is 0 Å². The van der Waals surface area contributed by atoms with E-state index >= 15 is 0 Å². The molecule has 1 aliphatic rings. The second kappa shape index (κ2) is 4.79. The number of aromatic nitrogens is 2. The third-order valence-corrected chi connectivity index (χ3v) is 3.66. The average molecular weight is 339 g/mol. The first-order valence-corrected chi connectivity index (χ1v) is 6.68. The number of benzene rings is 1. The molecule has 0 bridgehead atoms. The molecule has 2 N–H and O–H groups in total. The number of halogens is 2. The van der Waals surface area contributed by atoms with E-state index in [1.54, 1.807) is 6.33 Å². The van der Waals surface area contributed by atoms with Crippen LogP contribution in [-0.4, -0.2) is 21.7 Å². The molecule has 7 heteroatoms. The largest absolute Gasteiger partial charge is 0.390 e. The highest BCUT2D eigenvalue weighted by molar-refractivity contribution is 9.10. The van der Waals surface area contributed by atoms with Gasteiger partial charge in [0, 0.05) is 10.0 Å². The van der Waals surface area contributed by atoms with E-state index in [4.69, 9.17) is 17.3 Å². The minimum absolute atomic E-state index is 0.414. The van der Waals surface area contributed by atoms with Gasteiger partial charge in [0.15, 0.2) is 11.0 Å². The molecule has 1 aromatic carbocycles. The minimum Gasteiger partial charge on any atom is -0.390 e. The Morgan fingerprint density at radius 2 is 2.32 bits per heavy atom. The molecule has 19 heavy (non-hydrogen) atoms. The van der Waals surface area contributed by atoms with Crippen LogP contribution in [0.25, 0.3) is 5.69 Å². The number of hydrogen-bond acceptors (Lipinski definition) is 3. The molecular formula is C12H9BrClN5. The molecule has 0 spiro atoms. The number of rotatable bonds is 0. The van der Waals surface area contributed by atoms with Gasteiger partial charge in [-0.05, 0) is 18.2 Å². The van der Waals surface area contributed by atoms with Gasteiger partial charge in [-0.15, -0.1) is 0 Å². The number of imidazole rings is 1. The molecule has 0 radical (unpaired) electrons. The topological polar surface area (TPSA) is 68.6 Å². The molecule has 1 aromatic heterocycles. The molecule has 0 aliphatic carbocycles. The molecule has 2 heterocycles. The van der Waals surface area contributed by atoms with E-state index in [2.05, 4.69) is 30.9 Å². The second-order valence-corrected chi connectivity index (χ2v) is 5.21. The Labute approximate surface area is 123 Å². The van der Waals surface area contributed by atoms with E-state index in [0.29, 0.717) is 17.5 Å². The van der Waals surface area contributed by atoms with Crippen LogP contribution in [0.2, 0.25) is 5.15 Å². The molecule has 0 amide bonds. The summed E-state index contributed by atoms with van der Waals surface area (Å²) in [7, 11) is 0. The average Bonchev–Trinajstić information content (AvgIpc) is 2.68. The van der Waals surface area contributed by atoms with E-state index in [9.17, 15) is 0 Å². The van der Waals surface area contributed by atoms with Crippen LogP contribution in [-0.2, 0) is 6.54 Å². The highest BCUT2D eigenvalue weighted by Crippen LogP contribution is 2.28. The molecule has 2 aromatic rings. The maximum absolute atomic E-state index is 6.08. The van der Waals surface area contributed by atoms with Crippen LogP contribution in [0.15, 0.2) is 39.0 Å². The number of hydrogen-bond donors (Lipinski definition) is 1. The highest BCUT2D eigenvalue weighted by atomic mass is 79.9. The van der Waals surface area contributed by atoms with Gasteiger partial charge in [0.2, 0.25) is 0 Å². The fourth-order valence-corrected chi connectivity index (χ4v) is 2.57. The summed E-state index contributed by atoms with van der Waals surface area (Å²) in [6.07, 6.45) is 2.93. The maximum Gasteiger partial charge on any atom is 0.158 e. The van der Waals surface area contributed by atoms with Gasteiger partial charge in [-0.3, -0.25) is 9.56 Å². The first-order valence-electron chi connectivity index (χ1n) is 5.51. The first-order chi connectivity index (χ1) is 9.20. The van der Waals surface area contributed by atoms with Crippen molar-refractivity contribution >= 4 is 39.7 Å². The molecule has 0 fully saturated rings. The SMILES string of the molecule is NC=NC1=NCc2c(Cl)ncn2-c2ccc(Br)cc21. The summed E-state index contributed by atoms with van der Waals surface area (Å²) < 4.78 is 2.87. The molecule has 0 atom stereocenters. The number of nitrogens with two attached hydrogens (primary N) is 1. The third kappa shape index (κ3) is 2.06. The van der Waals surface area contributed by atoms with Gasteiger partial charge >= 0.3 is 0 Å². The van der Waals surface area contributed by atoms with Crippen LogP contribution < -0.4 is 5.73 Å². The van der Waals surface area contributed by atoms with Crippen LogP contribution >= 0.6 is 27.5 Å². The zero-order valence-electron chi connectivity index (χ0n) is 9.72. The number of aliphatic imine (C=N–C) groups is 2. The molecule has 0 saturated heterocycles. The Balaban J connectivity index is 2.31. The van der Waals surface area contributed by atoms with Crippen molar-refractivity contribution in [3.8, 4) is 5.69 Å². The standard InChI is InChI=1S/C12H9BrClN5/c13-7-1-2-9-8(3-7)12(17-5-15)16-4-10-11(14)18-6-19(9)10/h1-3,5-6H,4H2,(H2,15,16,17). The van der Waals surface area contributed by atoms with Crippen LogP contribution in [0.3, 0.4) is 0 Å². The summed E-state index contributed by atoms with van der Waals surface area (Å²) in [5.74, 6) is 0.582. The van der Waals surface area contributed by atoms with Crippen molar-refractivity contribution in [2.75, 3.05) is 0 Å². The Hall–Kier alpha value is -1.66. The predicted molar refractivity (Wildman–Crippen MR) is 79.2 cm³/mol. The second-order valence-electron chi connectivity index (χ2n) is 3.93. The molecular weight excluding hydrogens is 330 g/mol. The Morgan fingerprint density at radius 1 is 1.47 bits per heavy atom. The quantitative estimate of drug-likeness (QED) is 0.592. The number of fused-ring (bicyclic) bond motifs is 3. The molecule has 96 valence electrons. The van der Waals surface area contributed by atoms with Gasteiger partial charge in [-0.2, -0.15) is 0 Å². The van der Waals surface area contributed by atoms with E-state index in [-0.39, 0.29) is 0 Å². The maximum atomic E-state index is 6.08. The summed E-state index contributed by atoms with van der Waals surface area (Å²) in [6, 6.07) is 5.86. The van der Waals surface area contributed by atoms with Crippen molar-refractivity contribution in [1.82, 2.24) is 9.55 Å². The Kier molecular flexibility index (Phi) is 3.12. The van der Waals surface area contributed by atoms with E-state index in [1.807, 2.05) is 22.8 Å². The van der Waals surface area contributed by atoms with Crippen molar-refractivity contribution < 1.29 is 0 Å². The summed E-state index contributed by atoms with van der Waals surface area (Å²) >= 11 is 9.53. The van der Waals surface area contributed by atoms with Crippen LogP contribution in [0.5, 0.6) is 0 Å². The number of amidine groups is 1. The van der Waals surface area contributed by atoms with Crippen LogP contribution in [0.4, 0.5) is 0 Å². The van der Waals surface area contributed by atoms with Crippen molar-refractivity contribution in [2.24, 2.45) is 15.7 Å². The zero-order chi connectivity index (χ0) is 13.4. The van der Waals surface area contributed by atoms with E-state index in [1.165, 1.54) is 6.34 Å². The van der Waals surface area contributed by atoms with E-state index in [0.717, 1.165) is 21.4 Å². The third-order valence-electron chi connectivity index (χ3n) is 2.85.